The molecule has 0 unspecified atom stereocenters. The third kappa shape index (κ3) is 3.53. The number of aryl methyl sites for hydroxylation is 1. The van der Waals surface area contributed by atoms with Crippen LogP contribution >= 0.6 is 0 Å². The summed E-state index contributed by atoms with van der Waals surface area (Å²) in [6.07, 6.45) is 3.63. The molecule has 0 saturated carbocycles. The Morgan fingerprint density at radius 1 is 1.28 bits per heavy atom. The molecule has 18 heavy (non-hydrogen) atoms. The Labute approximate surface area is 107 Å². The van der Waals surface area contributed by atoms with Crippen LogP contribution in [-0.4, -0.2) is 17.1 Å². The van der Waals surface area contributed by atoms with Crippen molar-refractivity contribution in [1.29, 1.82) is 0 Å². The average molecular weight is 243 g/mol. The smallest absolute Gasteiger partial charge is 0.122 e. The number of nitrogens with zero attached hydrogens (tertiary/aromatic N) is 2. The number of hydrogen-bond donors (Lipinski definition) is 1. The molecule has 4 heteroatoms. The first-order chi connectivity index (χ1) is 8.78. The second-order valence-electron chi connectivity index (χ2n) is 4.10. The van der Waals surface area contributed by atoms with E-state index >= 15 is 0 Å². The predicted molar refractivity (Wildman–Crippen MR) is 70.3 cm³/mol. The first-order valence-electron chi connectivity index (χ1n) is 5.89. The zero-order valence-electron chi connectivity index (χ0n) is 10.7. The fourth-order valence-corrected chi connectivity index (χ4v) is 1.75. The molecule has 2 aromatic rings. The number of ether oxygens (including phenoxy) is 1. The van der Waals surface area contributed by atoms with E-state index < -0.39 is 0 Å². The maximum atomic E-state index is 5.22. The van der Waals surface area contributed by atoms with Gasteiger partial charge in [-0.25, -0.2) is 0 Å². The summed E-state index contributed by atoms with van der Waals surface area (Å²) in [5.74, 6) is 0.848. The highest BCUT2D eigenvalue weighted by molar-refractivity contribution is 5.26. The summed E-state index contributed by atoms with van der Waals surface area (Å²) in [5, 5.41) is 3.34. The van der Waals surface area contributed by atoms with E-state index in [9.17, 15) is 0 Å². The molecule has 0 spiro atoms. The van der Waals surface area contributed by atoms with Crippen LogP contribution in [0.2, 0.25) is 0 Å². The Hall–Kier alpha value is -1.94. The second kappa shape index (κ2) is 6.12. The van der Waals surface area contributed by atoms with Gasteiger partial charge in [-0.15, -0.1) is 0 Å². The van der Waals surface area contributed by atoms with Crippen molar-refractivity contribution in [1.82, 2.24) is 15.3 Å². The Kier molecular flexibility index (Phi) is 4.25. The molecule has 1 N–H and O–H groups in total. The van der Waals surface area contributed by atoms with E-state index in [1.165, 1.54) is 0 Å². The van der Waals surface area contributed by atoms with Gasteiger partial charge in [0, 0.05) is 43.3 Å². The quantitative estimate of drug-likeness (QED) is 0.873. The molecule has 94 valence electrons. The Morgan fingerprint density at radius 2 is 2.17 bits per heavy atom. The number of rotatable bonds is 5. The summed E-state index contributed by atoms with van der Waals surface area (Å²) in [4.78, 5) is 8.53. The van der Waals surface area contributed by atoms with Crippen molar-refractivity contribution in [3.8, 4) is 5.75 Å². The van der Waals surface area contributed by atoms with Crippen molar-refractivity contribution in [3.05, 3.63) is 53.6 Å². The van der Waals surface area contributed by atoms with Crippen LogP contribution in [0.4, 0.5) is 0 Å². The number of pyridine rings is 2. The van der Waals surface area contributed by atoms with E-state index in [2.05, 4.69) is 15.3 Å². The van der Waals surface area contributed by atoms with Gasteiger partial charge in [-0.1, -0.05) is 6.07 Å². The van der Waals surface area contributed by atoms with Crippen LogP contribution in [0.5, 0.6) is 5.75 Å². The molecule has 0 radical (unpaired) electrons. The monoisotopic (exact) mass is 243 g/mol. The minimum atomic E-state index is 0.715. The van der Waals surface area contributed by atoms with Crippen molar-refractivity contribution in [2.75, 3.05) is 7.11 Å². The Balaban J connectivity index is 1.92. The second-order valence-corrected chi connectivity index (χ2v) is 4.10. The minimum absolute atomic E-state index is 0.715. The van der Waals surface area contributed by atoms with Gasteiger partial charge >= 0.3 is 0 Å². The summed E-state index contributed by atoms with van der Waals surface area (Å²) < 4.78 is 5.22. The predicted octanol–water partition coefficient (Wildman–Crippen LogP) is 2.08. The number of aromatic nitrogens is 2. The largest absolute Gasteiger partial charge is 0.497 e. The molecule has 0 bridgehead atoms. The summed E-state index contributed by atoms with van der Waals surface area (Å²) in [6.45, 7) is 3.46. The van der Waals surface area contributed by atoms with Gasteiger partial charge in [-0.05, 0) is 18.6 Å². The van der Waals surface area contributed by atoms with E-state index in [4.69, 9.17) is 4.74 Å². The van der Waals surface area contributed by atoms with Gasteiger partial charge in [-0.2, -0.15) is 0 Å². The fraction of sp³-hybridized carbons (Fsp3) is 0.286. The van der Waals surface area contributed by atoms with Gasteiger partial charge < -0.3 is 10.1 Å². The number of hydrogen-bond acceptors (Lipinski definition) is 4. The van der Waals surface area contributed by atoms with Gasteiger partial charge in [0.1, 0.15) is 5.75 Å². The lowest BCUT2D eigenvalue weighted by Crippen LogP contribution is -2.14. The molecule has 2 heterocycles. The molecule has 2 aromatic heterocycles. The molecule has 0 saturated heterocycles. The Bertz CT molecular complexity index is 500. The molecular weight excluding hydrogens is 226 g/mol. The lowest BCUT2D eigenvalue weighted by molar-refractivity contribution is 0.412. The van der Waals surface area contributed by atoms with Crippen molar-refractivity contribution in [3.63, 3.8) is 0 Å². The van der Waals surface area contributed by atoms with Gasteiger partial charge in [0.05, 0.1) is 12.8 Å². The first kappa shape index (κ1) is 12.5. The Morgan fingerprint density at radius 3 is 2.89 bits per heavy atom. The van der Waals surface area contributed by atoms with Crippen molar-refractivity contribution < 1.29 is 4.74 Å². The highest BCUT2D eigenvalue weighted by Gasteiger charge is 2.00. The molecule has 0 atom stereocenters. The van der Waals surface area contributed by atoms with Crippen molar-refractivity contribution >= 4 is 0 Å². The third-order valence-corrected chi connectivity index (χ3v) is 2.57. The van der Waals surface area contributed by atoms with E-state index in [-0.39, 0.29) is 0 Å². The lowest BCUT2D eigenvalue weighted by Gasteiger charge is -2.07. The van der Waals surface area contributed by atoms with Crippen LogP contribution in [0.25, 0.3) is 0 Å². The minimum Gasteiger partial charge on any atom is -0.497 e. The van der Waals surface area contributed by atoms with E-state index in [1.54, 1.807) is 13.3 Å². The highest BCUT2D eigenvalue weighted by atomic mass is 16.5. The van der Waals surface area contributed by atoms with Gasteiger partial charge in [0.25, 0.3) is 0 Å². The summed E-state index contributed by atoms with van der Waals surface area (Å²) in [7, 11) is 1.67. The summed E-state index contributed by atoms with van der Waals surface area (Å²) in [5.41, 5.74) is 3.11. The molecule has 4 nitrogen and oxygen atoms in total. The normalized spacial score (nSPS) is 10.3. The average Bonchev–Trinajstić information content (AvgIpc) is 2.39. The van der Waals surface area contributed by atoms with Crippen molar-refractivity contribution in [2.24, 2.45) is 0 Å². The summed E-state index contributed by atoms with van der Waals surface area (Å²) >= 11 is 0. The fourth-order valence-electron chi connectivity index (χ4n) is 1.75. The van der Waals surface area contributed by atoms with Crippen LogP contribution in [0.3, 0.4) is 0 Å². The topological polar surface area (TPSA) is 47.0 Å². The van der Waals surface area contributed by atoms with Gasteiger partial charge in [-0.3, -0.25) is 9.97 Å². The maximum absolute atomic E-state index is 5.22. The first-order valence-corrected chi connectivity index (χ1v) is 5.89. The molecule has 0 aromatic carbocycles. The van der Waals surface area contributed by atoms with Crippen LogP contribution < -0.4 is 10.1 Å². The molecule has 0 aliphatic rings. The third-order valence-electron chi connectivity index (χ3n) is 2.57. The van der Waals surface area contributed by atoms with Gasteiger partial charge in [0.2, 0.25) is 0 Å². The SMILES string of the molecule is COc1cc(C)nc(CNCc2cccnc2)c1. The van der Waals surface area contributed by atoms with Crippen molar-refractivity contribution in [2.45, 2.75) is 20.0 Å². The highest BCUT2D eigenvalue weighted by Crippen LogP contribution is 2.13. The molecule has 0 aliphatic carbocycles. The number of nitrogens with one attached hydrogen (secondary N) is 1. The zero-order chi connectivity index (χ0) is 12.8. The lowest BCUT2D eigenvalue weighted by atomic mass is 10.2. The van der Waals surface area contributed by atoms with Crippen LogP contribution in [0.15, 0.2) is 36.7 Å². The zero-order valence-corrected chi connectivity index (χ0v) is 10.7. The van der Waals surface area contributed by atoms with E-state index in [0.717, 1.165) is 29.2 Å². The molecule has 0 aliphatic heterocycles. The van der Waals surface area contributed by atoms with Crippen LogP contribution in [0, 0.1) is 6.92 Å². The summed E-state index contributed by atoms with van der Waals surface area (Å²) in [6, 6.07) is 7.85. The van der Waals surface area contributed by atoms with E-state index in [0.29, 0.717) is 6.54 Å². The standard InChI is InChI=1S/C14H17N3O/c1-11-6-14(18-2)7-13(17-11)10-16-9-12-4-3-5-15-8-12/h3-8,16H,9-10H2,1-2H3. The molecule has 0 fully saturated rings. The maximum Gasteiger partial charge on any atom is 0.122 e. The molecular formula is C14H17N3O. The van der Waals surface area contributed by atoms with Gasteiger partial charge in [0.15, 0.2) is 0 Å². The molecule has 0 amide bonds. The van der Waals surface area contributed by atoms with Crippen LogP contribution in [-0.2, 0) is 13.1 Å². The van der Waals surface area contributed by atoms with Crippen LogP contribution in [0.1, 0.15) is 17.0 Å². The van der Waals surface area contributed by atoms with E-state index in [1.807, 2.05) is 37.4 Å². The molecule has 2 rings (SSSR count). The number of methoxy groups -OCH3 is 1.